The van der Waals surface area contributed by atoms with Gasteiger partial charge in [-0.05, 0) is 107 Å². The molecule has 1 aliphatic rings. The molecule has 11 rings (SSSR count). The van der Waals surface area contributed by atoms with Crippen molar-refractivity contribution < 1.29 is 5.11 Å². The van der Waals surface area contributed by atoms with Crippen LogP contribution in [0.25, 0.3) is 66.1 Å². The van der Waals surface area contributed by atoms with E-state index in [0.717, 1.165) is 39.5 Å². The first-order valence-corrected chi connectivity index (χ1v) is 19.4. The van der Waals surface area contributed by atoms with Gasteiger partial charge in [0.25, 0.3) is 0 Å². The summed E-state index contributed by atoms with van der Waals surface area (Å²) in [5.74, 6) is 0. The predicted octanol–water partition coefficient (Wildman–Crippen LogP) is 13.1. The van der Waals surface area contributed by atoms with Crippen molar-refractivity contribution in [3.8, 4) is 22.5 Å². The largest absolute Gasteiger partial charge is 0.392 e. The molecule has 1 aliphatic carbocycles. The van der Waals surface area contributed by atoms with Gasteiger partial charge in [0.05, 0.1) is 34.4 Å². The third kappa shape index (κ3) is 4.69. The quantitative estimate of drug-likeness (QED) is 0.185. The number of para-hydroxylation sites is 3. The highest BCUT2D eigenvalue weighted by molar-refractivity contribution is 6.16. The summed E-state index contributed by atoms with van der Waals surface area (Å²) in [6, 6.07) is 65.8. The summed E-state index contributed by atoms with van der Waals surface area (Å²) >= 11 is 0. The van der Waals surface area contributed by atoms with E-state index < -0.39 is 0 Å². The number of aromatic nitrogens is 2. The number of fused-ring (bicyclic) bond motifs is 9. The molecule has 268 valence electrons. The topological polar surface area (TPSA) is 33.3 Å². The predicted molar refractivity (Wildman–Crippen MR) is 233 cm³/mol. The number of anilines is 3. The molecule has 0 saturated heterocycles. The molecular weight excluding hydrogens is 683 g/mol. The summed E-state index contributed by atoms with van der Waals surface area (Å²) in [4.78, 5) is 2.36. The van der Waals surface area contributed by atoms with E-state index in [1.165, 1.54) is 60.3 Å². The molecule has 0 unspecified atom stereocenters. The maximum atomic E-state index is 9.97. The van der Waals surface area contributed by atoms with Crippen LogP contribution in [0.4, 0.5) is 17.1 Å². The van der Waals surface area contributed by atoms with Gasteiger partial charge in [-0.3, -0.25) is 0 Å². The average molecular weight is 722 g/mol. The Balaban J connectivity index is 1.11. The van der Waals surface area contributed by atoms with Gasteiger partial charge < -0.3 is 19.1 Å². The van der Waals surface area contributed by atoms with E-state index in [0.29, 0.717) is 0 Å². The Morgan fingerprint density at radius 3 is 1.66 bits per heavy atom. The van der Waals surface area contributed by atoms with Crippen LogP contribution in [0.5, 0.6) is 0 Å². The standard InChI is InChI=1S/C52H39N3O/c1-52(2)44-16-7-3-12-39(44)40-31-30-38(32-45(40)52)55-48-19-10-6-15-43(48)51-49(20-11-21-50(51)55)53(35-24-22-34(33-56)23-25-35)36-26-28-37(29-27-36)54-46-17-8-4-13-41(46)42-14-5-9-18-47(42)54/h3-32,56H,33H2,1-2H3. The van der Waals surface area contributed by atoms with Crippen molar-refractivity contribution >= 4 is 60.7 Å². The molecule has 2 heterocycles. The van der Waals surface area contributed by atoms with E-state index in [-0.39, 0.29) is 12.0 Å². The van der Waals surface area contributed by atoms with E-state index in [2.05, 4.69) is 198 Å². The molecule has 0 aliphatic heterocycles. The lowest BCUT2D eigenvalue weighted by molar-refractivity contribution is 0.282. The lowest BCUT2D eigenvalue weighted by Gasteiger charge is -2.27. The number of aliphatic hydroxyl groups is 1. The van der Waals surface area contributed by atoms with E-state index in [1.54, 1.807) is 0 Å². The van der Waals surface area contributed by atoms with Crippen molar-refractivity contribution in [1.29, 1.82) is 0 Å². The van der Waals surface area contributed by atoms with Gasteiger partial charge in [-0.15, -0.1) is 0 Å². The molecule has 2 aromatic heterocycles. The molecule has 10 aromatic rings. The second-order valence-corrected chi connectivity index (χ2v) is 15.5. The summed E-state index contributed by atoms with van der Waals surface area (Å²) in [6.45, 7) is 4.69. The third-order valence-corrected chi connectivity index (χ3v) is 12.1. The third-order valence-electron chi connectivity index (χ3n) is 12.1. The van der Waals surface area contributed by atoms with Crippen LogP contribution < -0.4 is 4.90 Å². The van der Waals surface area contributed by atoms with Crippen LogP contribution >= 0.6 is 0 Å². The smallest absolute Gasteiger partial charge is 0.0681 e. The monoisotopic (exact) mass is 721 g/mol. The zero-order valence-electron chi connectivity index (χ0n) is 31.3. The fourth-order valence-electron chi connectivity index (χ4n) is 9.43. The van der Waals surface area contributed by atoms with Crippen molar-refractivity contribution in [2.75, 3.05) is 4.90 Å². The minimum absolute atomic E-state index is 0.000500. The molecule has 4 heteroatoms. The van der Waals surface area contributed by atoms with Crippen molar-refractivity contribution in [3.63, 3.8) is 0 Å². The lowest BCUT2D eigenvalue weighted by Crippen LogP contribution is -2.15. The maximum absolute atomic E-state index is 9.97. The first-order valence-electron chi connectivity index (χ1n) is 19.4. The van der Waals surface area contributed by atoms with Crippen LogP contribution in [-0.4, -0.2) is 14.2 Å². The van der Waals surface area contributed by atoms with Crippen molar-refractivity contribution in [2.45, 2.75) is 25.9 Å². The zero-order valence-corrected chi connectivity index (χ0v) is 31.3. The zero-order chi connectivity index (χ0) is 37.5. The Kier molecular flexibility index (Phi) is 7.16. The molecule has 0 saturated carbocycles. The Morgan fingerprint density at radius 1 is 0.464 bits per heavy atom. The molecule has 0 fully saturated rings. The van der Waals surface area contributed by atoms with Crippen LogP contribution in [-0.2, 0) is 12.0 Å². The van der Waals surface area contributed by atoms with E-state index in [4.69, 9.17) is 0 Å². The van der Waals surface area contributed by atoms with Crippen LogP contribution in [0.2, 0.25) is 0 Å². The molecule has 0 bridgehead atoms. The summed E-state index contributed by atoms with van der Waals surface area (Å²) in [6.07, 6.45) is 0. The van der Waals surface area contributed by atoms with Gasteiger partial charge >= 0.3 is 0 Å². The van der Waals surface area contributed by atoms with Crippen LogP contribution in [0.1, 0.15) is 30.5 Å². The molecule has 0 atom stereocenters. The molecule has 0 amide bonds. The van der Waals surface area contributed by atoms with E-state index in [1.807, 2.05) is 12.1 Å². The van der Waals surface area contributed by atoms with E-state index in [9.17, 15) is 5.11 Å². The maximum Gasteiger partial charge on any atom is 0.0681 e. The summed E-state index contributed by atoms with van der Waals surface area (Å²) in [5.41, 5.74) is 16.3. The van der Waals surface area contributed by atoms with Crippen LogP contribution in [0, 0.1) is 0 Å². The number of nitrogens with zero attached hydrogens (tertiary/aromatic N) is 3. The summed E-state index contributed by atoms with van der Waals surface area (Å²) in [7, 11) is 0. The van der Waals surface area contributed by atoms with Gasteiger partial charge in [0.15, 0.2) is 0 Å². The fraction of sp³-hybridized carbons (Fsp3) is 0.0769. The van der Waals surface area contributed by atoms with Crippen molar-refractivity contribution in [2.24, 2.45) is 0 Å². The highest BCUT2D eigenvalue weighted by Crippen LogP contribution is 2.50. The number of aliphatic hydroxyl groups excluding tert-OH is 1. The number of hydrogen-bond acceptors (Lipinski definition) is 2. The molecule has 8 aromatic carbocycles. The first kappa shape index (κ1) is 32.5. The molecular formula is C52H39N3O. The molecule has 56 heavy (non-hydrogen) atoms. The number of hydrogen-bond donors (Lipinski definition) is 1. The molecule has 1 N–H and O–H groups in total. The normalized spacial score (nSPS) is 13.1. The Morgan fingerprint density at radius 2 is 0.982 bits per heavy atom. The number of rotatable bonds is 6. The summed E-state index contributed by atoms with van der Waals surface area (Å²) in [5, 5.41) is 14.8. The molecule has 0 radical (unpaired) electrons. The van der Waals surface area contributed by atoms with Crippen LogP contribution in [0.15, 0.2) is 182 Å². The average Bonchev–Trinajstić information content (AvgIpc) is 3.85. The minimum atomic E-state index is -0.102. The van der Waals surface area contributed by atoms with Crippen molar-refractivity contribution in [3.05, 3.63) is 199 Å². The highest BCUT2D eigenvalue weighted by Gasteiger charge is 2.35. The van der Waals surface area contributed by atoms with Gasteiger partial charge in [0.1, 0.15) is 0 Å². The van der Waals surface area contributed by atoms with Gasteiger partial charge in [-0.1, -0.05) is 117 Å². The van der Waals surface area contributed by atoms with E-state index >= 15 is 0 Å². The van der Waals surface area contributed by atoms with Gasteiger partial charge in [-0.2, -0.15) is 0 Å². The Hall–Kier alpha value is -6.88. The highest BCUT2D eigenvalue weighted by atomic mass is 16.3. The summed E-state index contributed by atoms with van der Waals surface area (Å²) < 4.78 is 4.80. The number of benzene rings is 8. The van der Waals surface area contributed by atoms with Crippen LogP contribution in [0.3, 0.4) is 0 Å². The molecule has 0 spiro atoms. The Bertz CT molecular complexity index is 3090. The van der Waals surface area contributed by atoms with Gasteiger partial charge in [-0.25, -0.2) is 0 Å². The SMILES string of the molecule is CC1(C)c2ccccc2-c2ccc(-n3c4ccccc4c4c(N(c5ccc(CO)cc5)c5ccc(-n6c7ccccc7c7ccccc76)cc5)cccc43)cc21. The second-order valence-electron chi connectivity index (χ2n) is 15.5. The minimum Gasteiger partial charge on any atom is -0.392 e. The first-order chi connectivity index (χ1) is 27.5. The lowest BCUT2D eigenvalue weighted by atomic mass is 9.82. The molecule has 4 nitrogen and oxygen atoms in total. The second kappa shape index (κ2) is 12.3. The van der Waals surface area contributed by atoms with Crippen molar-refractivity contribution in [1.82, 2.24) is 9.13 Å². The fourth-order valence-corrected chi connectivity index (χ4v) is 9.43. The van der Waals surface area contributed by atoms with Gasteiger partial charge in [0, 0.05) is 49.7 Å². The Labute approximate surface area is 325 Å². The van der Waals surface area contributed by atoms with Gasteiger partial charge in [0.2, 0.25) is 0 Å².